The van der Waals surface area contributed by atoms with Crippen molar-refractivity contribution in [2.75, 3.05) is 25.8 Å². The lowest BCUT2D eigenvalue weighted by atomic mass is 10.2. The van der Waals surface area contributed by atoms with E-state index in [-0.39, 0.29) is 10.7 Å². The van der Waals surface area contributed by atoms with Gasteiger partial charge < -0.3 is 19.5 Å². The Morgan fingerprint density at radius 1 is 1.26 bits per heavy atom. The summed E-state index contributed by atoms with van der Waals surface area (Å²) in [6.07, 6.45) is 1.97. The third kappa shape index (κ3) is 5.24. The van der Waals surface area contributed by atoms with Crippen molar-refractivity contribution >= 4 is 40.9 Å². The number of anilines is 1. The van der Waals surface area contributed by atoms with Gasteiger partial charge in [0.05, 0.1) is 31.1 Å². The van der Waals surface area contributed by atoms with E-state index in [1.165, 1.54) is 39.1 Å². The van der Waals surface area contributed by atoms with E-state index in [1.54, 1.807) is 24.5 Å². The molecule has 1 N–H and O–H groups in total. The van der Waals surface area contributed by atoms with Crippen molar-refractivity contribution in [1.29, 1.82) is 0 Å². The van der Waals surface area contributed by atoms with Crippen molar-refractivity contribution in [3.05, 3.63) is 35.1 Å². The highest BCUT2D eigenvalue weighted by molar-refractivity contribution is 7.98. The minimum absolute atomic E-state index is 0.0415. The number of carbonyl (C=O) groups excluding carboxylic acids is 2. The summed E-state index contributed by atoms with van der Waals surface area (Å²) in [6, 6.07) is 4.94. The maximum absolute atomic E-state index is 12.4. The predicted molar refractivity (Wildman–Crippen MR) is 102 cm³/mol. The molecule has 0 saturated heterocycles. The summed E-state index contributed by atoms with van der Waals surface area (Å²) in [5.74, 6) is -0.401. The second-order valence-corrected chi connectivity index (χ2v) is 6.34. The quantitative estimate of drug-likeness (QED) is 0.421. The zero-order valence-electron chi connectivity index (χ0n) is 15.1. The number of hydrogen-bond acceptors (Lipinski definition) is 8. The van der Waals surface area contributed by atoms with Gasteiger partial charge in [-0.05, 0) is 25.3 Å². The number of amides is 1. The fourth-order valence-corrected chi connectivity index (χ4v) is 2.52. The number of methoxy groups -OCH3 is 2. The van der Waals surface area contributed by atoms with Gasteiger partial charge in [-0.1, -0.05) is 23.4 Å². The first-order valence-corrected chi connectivity index (χ1v) is 9.30. The molecule has 0 saturated carbocycles. The van der Waals surface area contributed by atoms with Gasteiger partial charge in [0.25, 0.3) is 5.91 Å². The van der Waals surface area contributed by atoms with Gasteiger partial charge in [0.2, 0.25) is 0 Å². The summed E-state index contributed by atoms with van der Waals surface area (Å²) in [6.45, 7) is 1.43. The topological polar surface area (TPSA) is 99.6 Å². The molecule has 1 heterocycles. The molecule has 1 amide bonds. The Bertz CT molecular complexity index is 849. The van der Waals surface area contributed by atoms with Crippen molar-refractivity contribution in [1.82, 2.24) is 9.97 Å². The molecule has 0 fully saturated rings. The van der Waals surface area contributed by atoms with Crippen molar-refractivity contribution in [3.63, 3.8) is 0 Å². The van der Waals surface area contributed by atoms with Gasteiger partial charge in [-0.2, -0.15) is 0 Å². The Kier molecular flexibility index (Phi) is 7.26. The first-order chi connectivity index (χ1) is 12.9. The summed E-state index contributed by atoms with van der Waals surface area (Å²) in [4.78, 5) is 32.7. The molecule has 1 unspecified atom stereocenters. The van der Waals surface area contributed by atoms with E-state index in [1.807, 2.05) is 0 Å². The molecule has 0 aliphatic heterocycles. The van der Waals surface area contributed by atoms with Crippen LogP contribution in [0.3, 0.4) is 0 Å². The summed E-state index contributed by atoms with van der Waals surface area (Å²) in [5.41, 5.74) is 0.282. The Morgan fingerprint density at radius 3 is 2.63 bits per heavy atom. The van der Waals surface area contributed by atoms with E-state index in [2.05, 4.69) is 15.3 Å². The normalized spacial score (nSPS) is 11.4. The lowest BCUT2D eigenvalue weighted by Crippen LogP contribution is -2.30. The average Bonchev–Trinajstić information content (AvgIpc) is 2.67. The SMILES string of the molecule is COc1ccc(OC)c(NC(=O)C(C)OC(=O)c2nc(SC)ncc2Cl)c1. The number of thioether (sulfide) groups is 1. The molecule has 1 aromatic heterocycles. The zero-order valence-corrected chi connectivity index (χ0v) is 16.7. The lowest BCUT2D eigenvalue weighted by molar-refractivity contribution is -0.123. The van der Waals surface area contributed by atoms with Gasteiger partial charge in [-0.3, -0.25) is 4.79 Å². The van der Waals surface area contributed by atoms with Gasteiger partial charge in [-0.15, -0.1) is 0 Å². The maximum Gasteiger partial charge on any atom is 0.359 e. The van der Waals surface area contributed by atoms with Crippen LogP contribution in [0.2, 0.25) is 5.02 Å². The van der Waals surface area contributed by atoms with Gasteiger partial charge in [0, 0.05) is 6.07 Å². The zero-order chi connectivity index (χ0) is 20.0. The van der Waals surface area contributed by atoms with E-state index in [0.29, 0.717) is 22.3 Å². The third-order valence-electron chi connectivity index (χ3n) is 3.42. The minimum atomic E-state index is -1.10. The molecule has 1 atom stereocenters. The van der Waals surface area contributed by atoms with Crippen LogP contribution >= 0.6 is 23.4 Å². The number of esters is 1. The van der Waals surface area contributed by atoms with Crippen LogP contribution in [0.1, 0.15) is 17.4 Å². The Labute approximate surface area is 165 Å². The van der Waals surface area contributed by atoms with Gasteiger partial charge in [-0.25, -0.2) is 14.8 Å². The lowest BCUT2D eigenvalue weighted by Gasteiger charge is -2.16. The van der Waals surface area contributed by atoms with Crippen molar-refractivity contribution in [2.45, 2.75) is 18.2 Å². The molecule has 2 aromatic rings. The summed E-state index contributed by atoms with van der Waals surface area (Å²) >= 11 is 7.20. The maximum atomic E-state index is 12.4. The molecule has 144 valence electrons. The fraction of sp³-hybridized carbons (Fsp3) is 0.294. The van der Waals surface area contributed by atoms with Crippen LogP contribution in [0.4, 0.5) is 5.69 Å². The minimum Gasteiger partial charge on any atom is -0.497 e. The summed E-state index contributed by atoms with van der Waals surface area (Å²) < 4.78 is 15.5. The van der Waals surface area contributed by atoms with Crippen LogP contribution < -0.4 is 14.8 Å². The third-order valence-corrected chi connectivity index (χ3v) is 4.25. The number of rotatable bonds is 7. The monoisotopic (exact) mass is 411 g/mol. The molecule has 0 radical (unpaired) electrons. The molecule has 0 spiro atoms. The smallest absolute Gasteiger partial charge is 0.359 e. The van der Waals surface area contributed by atoms with Crippen LogP contribution in [0, 0.1) is 0 Å². The van der Waals surface area contributed by atoms with E-state index < -0.39 is 18.0 Å². The molecular weight excluding hydrogens is 394 g/mol. The van der Waals surface area contributed by atoms with Crippen molar-refractivity contribution < 1.29 is 23.8 Å². The highest BCUT2D eigenvalue weighted by Crippen LogP contribution is 2.29. The standard InChI is InChI=1S/C17H18ClN3O5S/c1-9(26-16(23)14-11(18)8-19-17(21-14)27-4)15(22)20-12-7-10(24-2)5-6-13(12)25-3/h5-9H,1-4H3,(H,20,22). The fourth-order valence-electron chi connectivity index (χ4n) is 2.01. The van der Waals surface area contributed by atoms with Crippen LogP contribution in [0.5, 0.6) is 11.5 Å². The molecule has 0 bridgehead atoms. The van der Waals surface area contributed by atoms with Crippen LogP contribution in [0.25, 0.3) is 0 Å². The predicted octanol–water partition coefficient (Wildman–Crippen LogP) is 3.05. The number of aromatic nitrogens is 2. The second kappa shape index (κ2) is 9.43. The van der Waals surface area contributed by atoms with Gasteiger partial charge >= 0.3 is 5.97 Å². The van der Waals surface area contributed by atoms with E-state index >= 15 is 0 Å². The van der Waals surface area contributed by atoms with Gasteiger partial charge in [0.1, 0.15) is 11.5 Å². The van der Waals surface area contributed by atoms with Crippen molar-refractivity contribution in [2.24, 2.45) is 0 Å². The number of halogens is 1. The van der Waals surface area contributed by atoms with Crippen LogP contribution in [0.15, 0.2) is 29.6 Å². The Balaban J connectivity index is 2.11. The number of nitrogens with one attached hydrogen (secondary N) is 1. The van der Waals surface area contributed by atoms with Crippen molar-refractivity contribution in [3.8, 4) is 11.5 Å². The largest absolute Gasteiger partial charge is 0.497 e. The Hall–Kier alpha value is -2.52. The molecule has 0 aliphatic carbocycles. The van der Waals surface area contributed by atoms with Crippen LogP contribution in [-0.2, 0) is 9.53 Å². The molecule has 27 heavy (non-hydrogen) atoms. The molecular formula is C17H18ClN3O5S. The number of carbonyl (C=O) groups is 2. The second-order valence-electron chi connectivity index (χ2n) is 5.16. The molecule has 8 nitrogen and oxygen atoms in total. The van der Waals surface area contributed by atoms with E-state index in [9.17, 15) is 9.59 Å². The molecule has 2 rings (SSSR count). The highest BCUT2D eigenvalue weighted by atomic mass is 35.5. The number of benzene rings is 1. The molecule has 10 heteroatoms. The first kappa shape index (κ1) is 20.8. The summed E-state index contributed by atoms with van der Waals surface area (Å²) in [5, 5.41) is 3.05. The van der Waals surface area contributed by atoms with Gasteiger partial charge in [0.15, 0.2) is 17.0 Å². The molecule has 1 aromatic carbocycles. The van der Waals surface area contributed by atoms with E-state index in [0.717, 1.165) is 0 Å². The number of nitrogens with zero attached hydrogens (tertiary/aromatic N) is 2. The number of ether oxygens (including phenoxy) is 3. The average molecular weight is 412 g/mol. The van der Waals surface area contributed by atoms with Crippen LogP contribution in [-0.4, -0.2) is 48.4 Å². The van der Waals surface area contributed by atoms with E-state index in [4.69, 9.17) is 25.8 Å². The Morgan fingerprint density at radius 2 is 2.00 bits per heavy atom. The summed E-state index contributed by atoms with van der Waals surface area (Å²) in [7, 11) is 2.98. The highest BCUT2D eigenvalue weighted by Gasteiger charge is 2.23. The molecule has 0 aliphatic rings. The first-order valence-electron chi connectivity index (χ1n) is 7.70. The number of hydrogen-bond donors (Lipinski definition) is 1.